The number of nitrogens with one attached hydrogen (secondary N) is 1. The number of aromatic nitrogens is 1. The number of hydrogen-bond acceptors (Lipinski definition) is 0. The van der Waals surface area contributed by atoms with Gasteiger partial charge in [-0.25, -0.2) is 0 Å². The number of alkyl halides is 1. The maximum Gasteiger partial charge on any atom is 0.0707 e. The predicted octanol–water partition coefficient (Wildman–Crippen LogP) is 2.31. The van der Waals surface area contributed by atoms with E-state index in [2.05, 4.69) is 4.98 Å². The minimum absolute atomic E-state index is 0.102. The van der Waals surface area contributed by atoms with E-state index >= 15 is 0 Å². The van der Waals surface area contributed by atoms with Gasteiger partial charge in [0.05, 0.1) is 5.38 Å². The fourth-order valence-electron chi connectivity index (χ4n) is 0.592. The standard InChI is InChI=1S/C6H8ClN/c1-5(7)6-3-2-4-8-6/h2-5,8H,1H3/t5-/m0/s1. The van der Waals surface area contributed by atoms with Crippen molar-refractivity contribution in [1.82, 2.24) is 4.98 Å². The van der Waals surface area contributed by atoms with Crippen LogP contribution < -0.4 is 0 Å². The molecule has 1 N–H and O–H groups in total. The Labute approximate surface area is 53.7 Å². The summed E-state index contributed by atoms with van der Waals surface area (Å²) in [6, 6.07) is 3.91. The molecule has 0 bridgehead atoms. The smallest absolute Gasteiger partial charge is 0.0707 e. The van der Waals surface area contributed by atoms with Gasteiger partial charge < -0.3 is 4.98 Å². The van der Waals surface area contributed by atoms with Crippen molar-refractivity contribution in [3.63, 3.8) is 0 Å². The van der Waals surface area contributed by atoms with Crippen LogP contribution in [-0.2, 0) is 0 Å². The Kier molecular flexibility index (Phi) is 1.59. The predicted molar refractivity (Wildman–Crippen MR) is 35.1 cm³/mol. The lowest BCUT2D eigenvalue weighted by Crippen LogP contribution is -1.80. The molecule has 1 aromatic heterocycles. The molecule has 0 aliphatic rings. The molecule has 0 spiro atoms. The summed E-state index contributed by atoms with van der Waals surface area (Å²) in [6.45, 7) is 1.94. The number of H-pyrrole nitrogens is 1. The molecule has 0 fully saturated rings. The number of hydrogen-bond donors (Lipinski definition) is 1. The largest absolute Gasteiger partial charge is 0.364 e. The maximum absolute atomic E-state index is 5.71. The third-order valence-electron chi connectivity index (χ3n) is 1.05. The number of rotatable bonds is 1. The summed E-state index contributed by atoms with van der Waals surface area (Å²) >= 11 is 5.71. The van der Waals surface area contributed by atoms with Gasteiger partial charge in [-0.1, -0.05) is 0 Å². The van der Waals surface area contributed by atoms with E-state index in [0.29, 0.717) is 0 Å². The van der Waals surface area contributed by atoms with Gasteiger partial charge in [-0.05, 0) is 19.1 Å². The zero-order valence-corrected chi connectivity index (χ0v) is 5.44. The molecule has 0 radical (unpaired) electrons. The monoisotopic (exact) mass is 129 g/mol. The fraction of sp³-hybridized carbons (Fsp3) is 0.333. The summed E-state index contributed by atoms with van der Waals surface area (Å²) in [5, 5.41) is 0.102. The molecule has 0 aromatic carbocycles. The van der Waals surface area contributed by atoms with Crippen LogP contribution in [0.4, 0.5) is 0 Å². The van der Waals surface area contributed by atoms with Gasteiger partial charge in [0.25, 0.3) is 0 Å². The Hall–Kier alpha value is -0.430. The summed E-state index contributed by atoms with van der Waals surface area (Å²) in [6.07, 6.45) is 1.87. The van der Waals surface area contributed by atoms with E-state index in [1.165, 1.54) is 0 Å². The Morgan fingerprint density at radius 2 is 2.50 bits per heavy atom. The maximum atomic E-state index is 5.71. The SMILES string of the molecule is C[C@H](Cl)c1ccc[nH]1. The zero-order valence-electron chi connectivity index (χ0n) is 4.69. The van der Waals surface area contributed by atoms with Crippen LogP contribution in [0.25, 0.3) is 0 Å². The summed E-state index contributed by atoms with van der Waals surface area (Å²) in [7, 11) is 0. The van der Waals surface area contributed by atoms with Crippen molar-refractivity contribution in [2.45, 2.75) is 12.3 Å². The fourth-order valence-corrected chi connectivity index (χ4v) is 0.727. The molecule has 0 aliphatic carbocycles. The van der Waals surface area contributed by atoms with Crippen LogP contribution in [0.5, 0.6) is 0 Å². The van der Waals surface area contributed by atoms with Crippen LogP contribution in [0.3, 0.4) is 0 Å². The molecule has 0 saturated heterocycles. The molecule has 44 valence electrons. The normalized spacial score (nSPS) is 13.8. The highest BCUT2D eigenvalue weighted by atomic mass is 35.5. The molecule has 0 amide bonds. The molecule has 1 heterocycles. The van der Waals surface area contributed by atoms with Gasteiger partial charge in [0, 0.05) is 11.9 Å². The summed E-state index contributed by atoms with van der Waals surface area (Å²) in [5.74, 6) is 0. The first-order chi connectivity index (χ1) is 3.80. The molecule has 1 rings (SSSR count). The van der Waals surface area contributed by atoms with Crippen LogP contribution in [0.15, 0.2) is 18.3 Å². The van der Waals surface area contributed by atoms with E-state index in [9.17, 15) is 0 Å². The van der Waals surface area contributed by atoms with Crippen LogP contribution in [0.1, 0.15) is 18.0 Å². The highest BCUT2D eigenvalue weighted by Gasteiger charge is 1.97. The molecular weight excluding hydrogens is 122 g/mol. The van der Waals surface area contributed by atoms with E-state index in [0.717, 1.165) is 5.69 Å². The summed E-state index contributed by atoms with van der Waals surface area (Å²) in [4.78, 5) is 3.00. The topological polar surface area (TPSA) is 15.8 Å². The van der Waals surface area contributed by atoms with Gasteiger partial charge in [-0.2, -0.15) is 0 Å². The summed E-state index contributed by atoms with van der Waals surface area (Å²) < 4.78 is 0. The molecule has 0 saturated carbocycles. The number of aromatic amines is 1. The molecule has 2 heteroatoms. The van der Waals surface area contributed by atoms with Crippen molar-refractivity contribution in [1.29, 1.82) is 0 Å². The second-order valence-electron chi connectivity index (χ2n) is 1.74. The Bertz CT molecular complexity index is 144. The lowest BCUT2D eigenvalue weighted by Gasteiger charge is -1.94. The van der Waals surface area contributed by atoms with Crippen LogP contribution >= 0.6 is 11.6 Å². The van der Waals surface area contributed by atoms with Crippen molar-refractivity contribution >= 4 is 11.6 Å². The third kappa shape index (κ3) is 1.04. The van der Waals surface area contributed by atoms with Crippen molar-refractivity contribution in [2.75, 3.05) is 0 Å². The average Bonchev–Trinajstić information content (AvgIpc) is 2.12. The zero-order chi connectivity index (χ0) is 5.98. The first-order valence-electron chi connectivity index (χ1n) is 2.58. The highest BCUT2D eigenvalue weighted by molar-refractivity contribution is 6.20. The van der Waals surface area contributed by atoms with Crippen LogP contribution in [-0.4, -0.2) is 4.98 Å². The molecular formula is C6H8ClN. The molecule has 0 aliphatic heterocycles. The first kappa shape index (κ1) is 5.70. The van der Waals surface area contributed by atoms with E-state index in [1.54, 1.807) is 0 Å². The van der Waals surface area contributed by atoms with E-state index < -0.39 is 0 Å². The Balaban J connectivity index is 2.77. The van der Waals surface area contributed by atoms with Crippen molar-refractivity contribution in [3.05, 3.63) is 24.0 Å². The van der Waals surface area contributed by atoms with Crippen LogP contribution in [0.2, 0.25) is 0 Å². The Morgan fingerprint density at radius 3 is 2.75 bits per heavy atom. The van der Waals surface area contributed by atoms with E-state index in [4.69, 9.17) is 11.6 Å². The molecule has 0 unspecified atom stereocenters. The minimum atomic E-state index is 0.102. The second kappa shape index (κ2) is 2.23. The Morgan fingerprint density at radius 1 is 1.75 bits per heavy atom. The van der Waals surface area contributed by atoms with Crippen LogP contribution in [0, 0.1) is 0 Å². The summed E-state index contributed by atoms with van der Waals surface area (Å²) in [5.41, 5.74) is 1.08. The van der Waals surface area contributed by atoms with Gasteiger partial charge in [0.15, 0.2) is 0 Å². The van der Waals surface area contributed by atoms with Gasteiger partial charge in [0.2, 0.25) is 0 Å². The van der Waals surface area contributed by atoms with Crippen molar-refractivity contribution in [3.8, 4) is 0 Å². The number of halogens is 1. The van der Waals surface area contributed by atoms with Gasteiger partial charge in [0.1, 0.15) is 0 Å². The van der Waals surface area contributed by atoms with Gasteiger partial charge in [-0.3, -0.25) is 0 Å². The van der Waals surface area contributed by atoms with Crippen molar-refractivity contribution in [2.24, 2.45) is 0 Å². The molecule has 1 nitrogen and oxygen atoms in total. The molecule has 1 atom stereocenters. The quantitative estimate of drug-likeness (QED) is 0.560. The van der Waals surface area contributed by atoms with E-state index in [-0.39, 0.29) is 5.38 Å². The van der Waals surface area contributed by atoms with E-state index in [1.807, 2.05) is 25.3 Å². The van der Waals surface area contributed by atoms with Gasteiger partial charge in [-0.15, -0.1) is 11.6 Å². The lowest BCUT2D eigenvalue weighted by molar-refractivity contribution is 1.02. The van der Waals surface area contributed by atoms with Gasteiger partial charge >= 0.3 is 0 Å². The molecule has 1 aromatic rings. The average molecular weight is 130 g/mol. The second-order valence-corrected chi connectivity index (χ2v) is 2.40. The molecule has 8 heavy (non-hydrogen) atoms. The first-order valence-corrected chi connectivity index (χ1v) is 3.01. The third-order valence-corrected chi connectivity index (χ3v) is 1.29. The van der Waals surface area contributed by atoms with Crippen molar-refractivity contribution < 1.29 is 0 Å². The lowest BCUT2D eigenvalue weighted by atomic mass is 10.3. The highest BCUT2D eigenvalue weighted by Crippen LogP contribution is 2.15. The minimum Gasteiger partial charge on any atom is -0.364 e.